The summed E-state index contributed by atoms with van der Waals surface area (Å²) in [6, 6.07) is 8.77. The minimum atomic E-state index is -0.710. The molecule has 0 fully saturated rings. The number of aryl methyl sites for hydroxylation is 1. The summed E-state index contributed by atoms with van der Waals surface area (Å²) in [7, 11) is 0. The van der Waals surface area contributed by atoms with Crippen molar-refractivity contribution in [3.05, 3.63) is 72.8 Å². The number of benzene rings is 2. The third-order valence-corrected chi connectivity index (χ3v) is 3.69. The van der Waals surface area contributed by atoms with E-state index in [4.69, 9.17) is 16.3 Å². The first-order chi connectivity index (χ1) is 12.3. The third kappa shape index (κ3) is 4.45. The van der Waals surface area contributed by atoms with Crippen LogP contribution in [-0.4, -0.2) is 29.0 Å². The van der Waals surface area contributed by atoms with Gasteiger partial charge in [-0.2, -0.15) is 0 Å². The fourth-order valence-electron chi connectivity index (χ4n) is 2.24. The van der Waals surface area contributed by atoms with Crippen LogP contribution in [0.25, 0.3) is 0 Å². The zero-order chi connectivity index (χ0) is 19.3. The van der Waals surface area contributed by atoms with Gasteiger partial charge in [0.15, 0.2) is 5.69 Å². The van der Waals surface area contributed by atoms with E-state index in [1.165, 1.54) is 31.2 Å². The number of ether oxygens (including phenoxy) is 1. The standard InChI is InChI=1S/C16H14ClN3O6/c1-10-8-13(19(22)23)15(14(9-10)20(24)25)18-6-7-26-16(21)11-4-2-3-5-12(11)17/h2-5,8-9,18H,6-7H2,1H3. The lowest BCUT2D eigenvalue weighted by Gasteiger charge is -2.10. The largest absolute Gasteiger partial charge is 0.460 e. The second-order valence-electron chi connectivity index (χ2n) is 5.23. The highest BCUT2D eigenvalue weighted by Crippen LogP contribution is 2.35. The maximum Gasteiger partial charge on any atom is 0.339 e. The van der Waals surface area contributed by atoms with E-state index < -0.39 is 27.2 Å². The number of rotatable bonds is 7. The molecule has 136 valence electrons. The molecular formula is C16H14ClN3O6. The number of halogens is 1. The molecule has 1 N–H and O–H groups in total. The van der Waals surface area contributed by atoms with Crippen molar-refractivity contribution in [1.29, 1.82) is 0 Å². The Morgan fingerprint density at radius 3 is 2.27 bits per heavy atom. The molecule has 0 unspecified atom stereocenters. The molecule has 26 heavy (non-hydrogen) atoms. The molecule has 0 atom stereocenters. The topological polar surface area (TPSA) is 125 Å². The van der Waals surface area contributed by atoms with Crippen LogP contribution in [0.15, 0.2) is 36.4 Å². The number of carbonyl (C=O) groups is 1. The first-order valence-corrected chi connectivity index (χ1v) is 7.78. The van der Waals surface area contributed by atoms with Gasteiger partial charge < -0.3 is 10.1 Å². The molecule has 0 saturated carbocycles. The molecule has 2 aromatic carbocycles. The normalized spacial score (nSPS) is 10.2. The van der Waals surface area contributed by atoms with Crippen molar-refractivity contribution in [2.75, 3.05) is 18.5 Å². The molecule has 0 aliphatic heterocycles. The number of esters is 1. The molecule has 0 aliphatic rings. The van der Waals surface area contributed by atoms with Crippen molar-refractivity contribution in [2.24, 2.45) is 0 Å². The number of hydrogen-bond donors (Lipinski definition) is 1. The number of nitrogens with zero attached hydrogens (tertiary/aromatic N) is 2. The average Bonchev–Trinajstić information content (AvgIpc) is 2.59. The van der Waals surface area contributed by atoms with Crippen LogP contribution in [0.2, 0.25) is 5.02 Å². The highest BCUT2D eigenvalue weighted by atomic mass is 35.5. The predicted octanol–water partition coefficient (Wildman–Crippen LogP) is 3.73. The quantitative estimate of drug-likeness (QED) is 0.336. The second kappa shape index (κ2) is 8.26. The number of anilines is 1. The van der Waals surface area contributed by atoms with E-state index in [2.05, 4.69) is 5.32 Å². The predicted molar refractivity (Wildman–Crippen MR) is 94.7 cm³/mol. The van der Waals surface area contributed by atoms with Crippen molar-refractivity contribution in [1.82, 2.24) is 0 Å². The van der Waals surface area contributed by atoms with E-state index in [0.29, 0.717) is 5.56 Å². The van der Waals surface area contributed by atoms with E-state index in [-0.39, 0.29) is 29.4 Å². The SMILES string of the molecule is Cc1cc([N+](=O)[O-])c(NCCOC(=O)c2ccccc2Cl)c([N+](=O)[O-])c1. The highest BCUT2D eigenvalue weighted by molar-refractivity contribution is 6.33. The zero-order valence-corrected chi connectivity index (χ0v) is 14.4. The van der Waals surface area contributed by atoms with Crippen LogP contribution in [0, 0.1) is 27.2 Å². The van der Waals surface area contributed by atoms with E-state index >= 15 is 0 Å². The van der Waals surface area contributed by atoms with Gasteiger partial charge in [-0.3, -0.25) is 20.2 Å². The van der Waals surface area contributed by atoms with Gasteiger partial charge in [-0.05, 0) is 24.6 Å². The fourth-order valence-corrected chi connectivity index (χ4v) is 2.45. The number of carbonyl (C=O) groups excluding carboxylic acids is 1. The van der Waals surface area contributed by atoms with Crippen molar-refractivity contribution >= 4 is 34.6 Å². The number of nitrogens with one attached hydrogen (secondary N) is 1. The summed E-state index contributed by atoms with van der Waals surface area (Å²) in [4.78, 5) is 32.8. The van der Waals surface area contributed by atoms with Gasteiger partial charge in [-0.15, -0.1) is 0 Å². The summed E-state index contributed by atoms with van der Waals surface area (Å²) in [5.41, 5.74) is -0.511. The van der Waals surface area contributed by atoms with Gasteiger partial charge in [0, 0.05) is 18.7 Å². The molecule has 0 aliphatic carbocycles. The van der Waals surface area contributed by atoms with Crippen LogP contribution in [0.1, 0.15) is 15.9 Å². The van der Waals surface area contributed by atoms with Gasteiger partial charge in [-0.25, -0.2) is 4.79 Å². The summed E-state index contributed by atoms with van der Waals surface area (Å²) in [6.45, 7) is 1.31. The lowest BCUT2D eigenvalue weighted by Crippen LogP contribution is -2.15. The molecule has 0 saturated heterocycles. The van der Waals surface area contributed by atoms with Crippen molar-refractivity contribution in [2.45, 2.75) is 6.92 Å². The first kappa shape index (κ1) is 19.1. The van der Waals surface area contributed by atoms with Crippen LogP contribution in [0.4, 0.5) is 17.1 Å². The smallest absolute Gasteiger partial charge is 0.339 e. The van der Waals surface area contributed by atoms with Crippen molar-refractivity contribution in [3.8, 4) is 0 Å². The van der Waals surface area contributed by atoms with Crippen LogP contribution < -0.4 is 5.32 Å². The maximum atomic E-state index is 11.9. The molecule has 0 spiro atoms. The summed E-state index contributed by atoms with van der Waals surface area (Å²) >= 11 is 5.89. The molecular weight excluding hydrogens is 366 g/mol. The number of nitro benzene ring substituents is 2. The molecule has 0 aromatic heterocycles. The van der Waals surface area contributed by atoms with E-state index in [0.717, 1.165) is 0 Å². The van der Waals surface area contributed by atoms with Gasteiger partial charge >= 0.3 is 5.97 Å². The van der Waals surface area contributed by atoms with Gasteiger partial charge in [0.05, 0.1) is 20.4 Å². The monoisotopic (exact) mass is 379 g/mol. The number of nitro groups is 2. The molecule has 10 heteroatoms. The maximum absolute atomic E-state index is 11.9. The highest BCUT2D eigenvalue weighted by Gasteiger charge is 2.25. The Labute approximate surface area is 152 Å². The van der Waals surface area contributed by atoms with Crippen molar-refractivity contribution < 1.29 is 19.4 Å². The molecule has 0 radical (unpaired) electrons. The van der Waals surface area contributed by atoms with Gasteiger partial charge in [0.25, 0.3) is 11.4 Å². The second-order valence-corrected chi connectivity index (χ2v) is 5.64. The van der Waals surface area contributed by atoms with E-state index in [1.54, 1.807) is 12.1 Å². The fraction of sp³-hybridized carbons (Fsp3) is 0.188. The molecule has 2 rings (SSSR count). The summed E-state index contributed by atoms with van der Waals surface area (Å²) in [6.07, 6.45) is 0. The Kier molecular flexibility index (Phi) is 6.07. The first-order valence-electron chi connectivity index (χ1n) is 7.40. The summed E-state index contributed by atoms with van der Waals surface area (Å²) < 4.78 is 5.03. The van der Waals surface area contributed by atoms with Crippen LogP contribution >= 0.6 is 11.6 Å². The summed E-state index contributed by atoms with van der Waals surface area (Å²) in [5, 5.41) is 25.1. The van der Waals surface area contributed by atoms with Gasteiger partial charge in [0.1, 0.15) is 6.61 Å². The minimum Gasteiger partial charge on any atom is -0.460 e. The summed E-state index contributed by atoms with van der Waals surface area (Å²) in [5.74, 6) is -0.662. The average molecular weight is 380 g/mol. The Balaban J connectivity index is 2.08. The third-order valence-electron chi connectivity index (χ3n) is 3.37. The molecule has 9 nitrogen and oxygen atoms in total. The molecule has 2 aromatic rings. The minimum absolute atomic E-state index is 0.0546. The van der Waals surface area contributed by atoms with Gasteiger partial charge in [-0.1, -0.05) is 23.7 Å². The Morgan fingerprint density at radius 2 is 1.73 bits per heavy atom. The van der Waals surface area contributed by atoms with Gasteiger partial charge in [0.2, 0.25) is 0 Å². The van der Waals surface area contributed by atoms with E-state index in [1.807, 2.05) is 0 Å². The Morgan fingerprint density at radius 1 is 1.15 bits per heavy atom. The Hall–Kier alpha value is -3.20. The lowest BCUT2D eigenvalue weighted by molar-refractivity contribution is -0.392. The van der Waals surface area contributed by atoms with Crippen LogP contribution in [0.3, 0.4) is 0 Å². The molecule has 0 bridgehead atoms. The van der Waals surface area contributed by atoms with Crippen LogP contribution in [-0.2, 0) is 4.74 Å². The number of hydrogen-bond acceptors (Lipinski definition) is 7. The zero-order valence-electron chi connectivity index (χ0n) is 13.6. The molecule has 0 amide bonds. The lowest BCUT2D eigenvalue weighted by atomic mass is 10.1. The van der Waals surface area contributed by atoms with Crippen molar-refractivity contribution in [3.63, 3.8) is 0 Å². The van der Waals surface area contributed by atoms with Crippen LogP contribution in [0.5, 0.6) is 0 Å². The molecule has 0 heterocycles. The Bertz CT molecular complexity index is 836. The van der Waals surface area contributed by atoms with E-state index in [9.17, 15) is 25.0 Å².